The Kier molecular flexibility index (Phi) is 7.54. The van der Waals surface area contributed by atoms with Gasteiger partial charge in [-0.3, -0.25) is 19.3 Å². The minimum Gasteiger partial charge on any atom is -0.481 e. The highest BCUT2D eigenvalue weighted by Gasteiger charge is 2.36. The number of imide groups is 1. The molecule has 0 unspecified atom stereocenters. The summed E-state index contributed by atoms with van der Waals surface area (Å²) in [7, 11) is 0. The third-order valence-corrected chi connectivity index (χ3v) is 5.68. The largest absolute Gasteiger partial charge is 0.481 e. The maximum Gasteiger partial charge on any atom is 0.341 e. The number of ether oxygens (including phenoxy) is 1. The number of thioether (sulfide) groups is 1. The van der Waals surface area contributed by atoms with Crippen LogP contribution in [0.5, 0.6) is 5.75 Å². The summed E-state index contributed by atoms with van der Waals surface area (Å²) in [6, 6.07) is 8.31. The lowest BCUT2D eigenvalue weighted by Gasteiger charge is -2.12. The topological polar surface area (TPSA) is 113 Å². The first kappa shape index (κ1) is 23.8. The number of aliphatic carboxylic acids is 1. The standard InChI is InChI=1S/C20H13BrClFN2O6S/c21-11-1-4-15(31-9-18(27)28)10(5-11)6-16-19(29)25(20(30)32-16)8-17(26)24-12-2-3-14(23)13(22)7-12/h1-7H,8-9H2,(H,24,26)(H,27,28)/b16-6+. The molecule has 1 aliphatic heterocycles. The lowest BCUT2D eigenvalue weighted by molar-refractivity contribution is -0.139. The molecule has 0 saturated carbocycles. The number of nitrogens with zero attached hydrogens (tertiary/aromatic N) is 1. The Bertz CT molecular complexity index is 1160. The summed E-state index contributed by atoms with van der Waals surface area (Å²) < 4.78 is 19.1. The molecule has 0 aliphatic carbocycles. The number of nitrogens with one attached hydrogen (secondary N) is 1. The summed E-state index contributed by atoms with van der Waals surface area (Å²) >= 11 is 9.58. The molecule has 1 heterocycles. The molecule has 1 saturated heterocycles. The van der Waals surface area contributed by atoms with Gasteiger partial charge in [0.25, 0.3) is 11.1 Å². The number of carbonyl (C=O) groups excluding carboxylic acids is 3. The lowest BCUT2D eigenvalue weighted by Crippen LogP contribution is -2.36. The smallest absolute Gasteiger partial charge is 0.341 e. The molecule has 32 heavy (non-hydrogen) atoms. The number of rotatable bonds is 7. The number of carbonyl (C=O) groups is 4. The van der Waals surface area contributed by atoms with E-state index in [1.165, 1.54) is 24.3 Å². The zero-order valence-electron chi connectivity index (χ0n) is 15.9. The van der Waals surface area contributed by atoms with Crippen molar-refractivity contribution in [3.05, 3.63) is 62.2 Å². The average molecular weight is 544 g/mol. The van der Waals surface area contributed by atoms with E-state index in [1.807, 2.05) is 0 Å². The Morgan fingerprint density at radius 2 is 2.00 bits per heavy atom. The van der Waals surface area contributed by atoms with Gasteiger partial charge < -0.3 is 15.2 Å². The van der Waals surface area contributed by atoms with Gasteiger partial charge >= 0.3 is 5.97 Å². The van der Waals surface area contributed by atoms with E-state index >= 15 is 0 Å². The predicted octanol–water partition coefficient (Wildman–Crippen LogP) is 4.38. The van der Waals surface area contributed by atoms with Crippen molar-refractivity contribution >= 4 is 74.1 Å². The quantitative estimate of drug-likeness (QED) is 0.498. The minimum absolute atomic E-state index is 0.0332. The number of carboxylic acids is 1. The Labute approximate surface area is 198 Å². The van der Waals surface area contributed by atoms with Crippen LogP contribution in [0.4, 0.5) is 14.9 Å². The van der Waals surface area contributed by atoms with Crippen LogP contribution >= 0.6 is 39.3 Å². The number of benzene rings is 2. The molecule has 0 radical (unpaired) electrons. The van der Waals surface area contributed by atoms with Crippen molar-refractivity contribution in [1.29, 1.82) is 0 Å². The molecule has 0 atom stereocenters. The molecule has 3 rings (SSSR count). The number of hydrogen-bond donors (Lipinski definition) is 2. The highest BCUT2D eigenvalue weighted by molar-refractivity contribution is 9.10. The first-order chi connectivity index (χ1) is 15.1. The molecular weight excluding hydrogens is 531 g/mol. The summed E-state index contributed by atoms with van der Waals surface area (Å²) in [6.45, 7) is -1.14. The van der Waals surface area contributed by atoms with E-state index in [0.717, 1.165) is 11.0 Å². The average Bonchev–Trinajstić information content (AvgIpc) is 2.97. The van der Waals surface area contributed by atoms with Gasteiger partial charge in [-0.25, -0.2) is 9.18 Å². The highest BCUT2D eigenvalue weighted by atomic mass is 79.9. The van der Waals surface area contributed by atoms with Crippen molar-refractivity contribution in [2.45, 2.75) is 0 Å². The number of amides is 3. The Morgan fingerprint density at radius 3 is 2.69 bits per heavy atom. The van der Waals surface area contributed by atoms with Gasteiger partial charge in [0.2, 0.25) is 5.91 Å². The van der Waals surface area contributed by atoms with Crippen molar-refractivity contribution in [1.82, 2.24) is 4.90 Å². The lowest BCUT2D eigenvalue weighted by atomic mass is 10.2. The van der Waals surface area contributed by atoms with Crippen molar-refractivity contribution in [3.63, 3.8) is 0 Å². The van der Waals surface area contributed by atoms with Gasteiger partial charge in [0.05, 0.1) is 9.93 Å². The van der Waals surface area contributed by atoms with Crippen molar-refractivity contribution in [2.24, 2.45) is 0 Å². The van der Waals surface area contributed by atoms with E-state index in [1.54, 1.807) is 12.1 Å². The fraction of sp³-hybridized carbons (Fsp3) is 0.100. The van der Waals surface area contributed by atoms with Gasteiger partial charge in [0.15, 0.2) is 6.61 Å². The number of hydrogen-bond acceptors (Lipinski definition) is 6. The molecule has 0 spiro atoms. The molecule has 1 aliphatic rings. The van der Waals surface area contributed by atoms with Crippen LogP contribution in [0.2, 0.25) is 5.02 Å². The second-order valence-corrected chi connectivity index (χ2v) is 8.63. The van der Waals surface area contributed by atoms with Gasteiger partial charge in [-0.1, -0.05) is 27.5 Å². The third-order valence-electron chi connectivity index (χ3n) is 3.99. The second kappa shape index (κ2) is 10.2. The van der Waals surface area contributed by atoms with E-state index < -0.39 is 42.0 Å². The van der Waals surface area contributed by atoms with Crippen LogP contribution in [0, 0.1) is 5.82 Å². The summed E-state index contributed by atoms with van der Waals surface area (Å²) in [5.41, 5.74) is 0.579. The molecular formula is C20H13BrClFN2O6S. The van der Waals surface area contributed by atoms with E-state index in [0.29, 0.717) is 21.8 Å². The summed E-state index contributed by atoms with van der Waals surface area (Å²) in [6.07, 6.45) is 1.38. The first-order valence-corrected chi connectivity index (χ1v) is 10.8. The van der Waals surface area contributed by atoms with Crippen molar-refractivity contribution < 1.29 is 33.4 Å². The highest BCUT2D eigenvalue weighted by Crippen LogP contribution is 2.35. The molecule has 0 aromatic heterocycles. The Hall–Kier alpha value is -2.89. The molecule has 2 N–H and O–H groups in total. The van der Waals surface area contributed by atoms with Gasteiger partial charge in [0, 0.05) is 15.7 Å². The van der Waals surface area contributed by atoms with Crippen LogP contribution in [0.3, 0.4) is 0 Å². The zero-order chi connectivity index (χ0) is 23.4. The predicted molar refractivity (Wildman–Crippen MR) is 120 cm³/mol. The fourth-order valence-corrected chi connectivity index (χ4v) is 3.99. The fourth-order valence-electron chi connectivity index (χ4n) is 2.60. The molecule has 8 nitrogen and oxygen atoms in total. The Balaban J connectivity index is 1.75. The maximum atomic E-state index is 13.2. The monoisotopic (exact) mass is 542 g/mol. The third kappa shape index (κ3) is 5.87. The first-order valence-electron chi connectivity index (χ1n) is 8.78. The number of carboxylic acid groups (broad SMARTS) is 1. The van der Waals surface area contributed by atoms with Crippen molar-refractivity contribution in [2.75, 3.05) is 18.5 Å². The van der Waals surface area contributed by atoms with Crippen LogP contribution in [0.1, 0.15) is 5.56 Å². The summed E-state index contributed by atoms with van der Waals surface area (Å²) in [5.74, 6) is -3.00. The maximum absolute atomic E-state index is 13.2. The molecule has 166 valence electrons. The van der Waals surface area contributed by atoms with Gasteiger partial charge in [0.1, 0.15) is 18.1 Å². The van der Waals surface area contributed by atoms with Crippen LogP contribution in [0.25, 0.3) is 6.08 Å². The van der Waals surface area contributed by atoms with Crippen LogP contribution in [0.15, 0.2) is 45.8 Å². The van der Waals surface area contributed by atoms with Crippen molar-refractivity contribution in [3.8, 4) is 5.75 Å². The minimum atomic E-state index is -1.17. The number of anilines is 1. The molecule has 1 fully saturated rings. The van der Waals surface area contributed by atoms with E-state index in [2.05, 4.69) is 21.2 Å². The van der Waals surface area contributed by atoms with E-state index in [4.69, 9.17) is 21.4 Å². The summed E-state index contributed by atoms with van der Waals surface area (Å²) in [5, 5.41) is 10.4. The molecule has 3 amide bonds. The van der Waals surface area contributed by atoms with E-state index in [9.17, 15) is 23.6 Å². The molecule has 2 aromatic carbocycles. The van der Waals surface area contributed by atoms with E-state index in [-0.39, 0.29) is 21.4 Å². The molecule has 12 heteroatoms. The van der Waals surface area contributed by atoms with Gasteiger partial charge in [-0.15, -0.1) is 0 Å². The molecule has 0 bridgehead atoms. The summed E-state index contributed by atoms with van der Waals surface area (Å²) in [4.78, 5) is 48.8. The van der Waals surface area contributed by atoms with Gasteiger partial charge in [-0.2, -0.15) is 0 Å². The number of halogens is 3. The SMILES string of the molecule is O=C(O)COc1ccc(Br)cc1/C=C1/SC(=O)N(CC(=O)Nc2ccc(F)c(Cl)c2)C1=O. The van der Waals surface area contributed by atoms with Gasteiger partial charge in [-0.05, 0) is 54.2 Å². The molecule has 2 aromatic rings. The second-order valence-electron chi connectivity index (χ2n) is 6.31. The van der Waals surface area contributed by atoms with Crippen LogP contribution < -0.4 is 10.1 Å². The van der Waals surface area contributed by atoms with Crippen LogP contribution in [-0.4, -0.2) is 46.2 Å². The van der Waals surface area contributed by atoms with Crippen LogP contribution in [-0.2, 0) is 14.4 Å². The zero-order valence-corrected chi connectivity index (χ0v) is 19.1. The Morgan fingerprint density at radius 1 is 1.25 bits per heavy atom. The normalized spacial score (nSPS) is 14.7.